The zero-order valence-electron chi connectivity index (χ0n) is 19.2. The maximum Gasteiger partial charge on any atom is 0.261 e. The normalized spacial score (nSPS) is 15.1. The summed E-state index contributed by atoms with van der Waals surface area (Å²) in [6.45, 7) is 3.48. The lowest BCUT2D eigenvalue weighted by Crippen LogP contribution is -2.40. The number of benzene rings is 2. The van der Waals surface area contributed by atoms with Crippen LogP contribution in [0, 0.1) is 0 Å². The molecule has 1 N–H and O–H groups in total. The highest BCUT2D eigenvalue weighted by atomic mass is 32.2. The van der Waals surface area contributed by atoms with Crippen LogP contribution >= 0.6 is 0 Å². The zero-order chi connectivity index (χ0) is 24.6. The number of hydrogen-bond donors (Lipinski definition) is 1. The number of amides is 2. The maximum absolute atomic E-state index is 13.3. The second kappa shape index (κ2) is 9.06. The van der Waals surface area contributed by atoms with Gasteiger partial charge in [-0.25, -0.2) is 13.4 Å². The Morgan fingerprint density at radius 3 is 2.51 bits per heavy atom. The predicted octanol–water partition coefficient (Wildman–Crippen LogP) is 2.26. The van der Waals surface area contributed by atoms with Gasteiger partial charge in [-0.2, -0.15) is 0 Å². The van der Waals surface area contributed by atoms with Crippen LogP contribution in [-0.2, 0) is 16.6 Å². The van der Waals surface area contributed by atoms with Gasteiger partial charge in [-0.3, -0.25) is 18.8 Å². The third-order valence-electron chi connectivity index (χ3n) is 6.18. The predicted molar refractivity (Wildman–Crippen MR) is 130 cm³/mol. The van der Waals surface area contributed by atoms with Crippen molar-refractivity contribution in [1.29, 1.82) is 0 Å². The van der Waals surface area contributed by atoms with Gasteiger partial charge in [-0.05, 0) is 37.3 Å². The number of fused-ring (bicyclic) bond motifs is 2. The van der Waals surface area contributed by atoms with Crippen LogP contribution in [0.3, 0.4) is 0 Å². The first kappa shape index (κ1) is 22.9. The number of anilines is 2. The van der Waals surface area contributed by atoms with Crippen LogP contribution in [0.25, 0.3) is 0 Å². The van der Waals surface area contributed by atoms with Crippen LogP contribution in [0.15, 0.2) is 55.0 Å². The summed E-state index contributed by atoms with van der Waals surface area (Å²) < 4.78 is 33.7. The minimum absolute atomic E-state index is 0.199. The van der Waals surface area contributed by atoms with E-state index in [1.807, 2.05) is 0 Å². The first-order valence-electron chi connectivity index (χ1n) is 11.3. The highest BCUT2D eigenvalue weighted by Gasteiger charge is 2.36. The van der Waals surface area contributed by atoms with Gasteiger partial charge in [0.1, 0.15) is 12.4 Å². The Morgan fingerprint density at radius 2 is 1.86 bits per heavy atom. The van der Waals surface area contributed by atoms with Crippen molar-refractivity contribution in [3.8, 4) is 5.75 Å². The van der Waals surface area contributed by atoms with Crippen molar-refractivity contribution in [2.24, 2.45) is 0 Å². The molecular formula is C24H25N5O5S. The molecule has 0 radical (unpaired) electrons. The van der Waals surface area contributed by atoms with Crippen LogP contribution in [0.1, 0.15) is 33.3 Å². The summed E-state index contributed by atoms with van der Waals surface area (Å²) in [6.07, 6.45) is 3.37. The summed E-state index contributed by atoms with van der Waals surface area (Å²) >= 11 is 0. The summed E-state index contributed by atoms with van der Waals surface area (Å²) in [4.78, 5) is 35.5. The van der Waals surface area contributed by atoms with Gasteiger partial charge in [-0.1, -0.05) is 12.1 Å². The molecule has 11 heteroatoms. The van der Waals surface area contributed by atoms with Crippen molar-refractivity contribution < 1.29 is 22.7 Å². The molecule has 10 nitrogen and oxygen atoms in total. The number of carbonyl (C=O) groups is 2. The van der Waals surface area contributed by atoms with Crippen LogP contribution in [0.5, 0.6) is 5.75 Å². The van der Waals surface area contributed by atoms with Crippen molar-refractivity contribution in [2.45, 2.75) is 13.5 Å². The Morgan fingerprint density at radius 1 is 1.11 bits per heavy atom. The number of aromatic nitrogens is 2. The Balaban J connectivity index is 1.36. The molecule has 1 aromatic heterocycles. The van der Waals surface area contributed by atoms with E-state index in [-0.39, 0.29) is 18.8 Å². The molecule has 2 aromatic carbocycles. The average molecular weight is 496 g/mol. The first-order chi connectivity index (χ1) is 16.9. The Kier molecular flexibility index (Phi) is 5.93. The van der Waals surface area contributed by atoms with Gasteiger partial charge in [0, 0.05) is 19.3 Å². The third-order valence-corrected chi connectivity index (χ3v) is 8.02. The topological polar surface area (TPSA) is 116 Å². The van der Waals surface area contributed by atoms with Crippen molar-refractivity contribution >= 4 is 33.2 Å². The molecule has 0 aliphatic carbocycles. The fraction of sp³-hybridized carbons (Fsp3) is 0.292. The van der Waals surface area contributed by atoms with Gasteiger partial charge in [0.2, 0.25) is 10.0 Å². The summed E-state index contributed by atoms with van der Waals surface area (Å²) in [6, 6.07) is 11.8. The third kappa shape index (κ3) is 4.23. The number of nitrogens with zero attached hydrogens (tertiary/aromatic N) is 4. The summed E-state index contributed by atoms with van der Waals surface area (Å²) in [5, 5.41) is 0. The molecule has 0 spiro atoms. The molecule has 0 saturated carbocycles. The summed E-state index contributed by atoms with van der Waals surface area (Å²) in [5.74, 6) is -0.634. The molecule has 0 fully saturated rings. The molecule has 3 aromatic rings. The Bertz CT molecular complexity index is 1340. The minimum atomic E-state index is -3.83. The Labute approximate surface area is 203 Å². The van der Waals surface area contributed by atoms with E-state index < -0.39 is 21.8 Å². The standard InChI is InChI=1S/C24H25N5O5S/c1-2-29(35(32,33)12-10-28-23(30)19-5-3-4-6-20(19)24(28)31)18-7-8-22-21(13-18)27(9-11-34-22)15-17-14-25-16-26-17/h3-8,13-14,16H,2,9-12,15H2,1H3,(H,25,26). The van der Waals surface area contributed by atoms with E-state index in [2.05, 4.69) is 14.9 Å². The van der Waals surface area contributed by atoms with E-state index in [0.717, 1.165) is 16.3 Å². The zero-order valence-corrected chi connectivity index (χ0v) is 20.0. The number of nitrogens with one attached hydrogen (secondary N) is 1. The van der Waals surface area contributed by atoms with Gasteiger partial charge >= 0.3 is 0 Å². The quantitative estimate of drug-likeness (QED) is 0.477. The molecule has 182 valence electrons. The molecule has 2 amide bonds. The molecule has 0 atom stereocenters. The number of imide groups is 1. The summed E-state index contributed by atoms with van der Waals surface area (Å²) in [5.41, 5.74) is 2.82. The van der Waals surface area contributed by atoms with E-state index >= 15 is 0 Å². The molecule has 0 saturated heterocycles. The summed E-state index contributed by atoms with van der Waals surface area (Å²) in [7, 11) is -3.83. The van der Waals surface area contributed by atoms with E-state index in [0.29, 0.717) is 42.3 Å². The molecule has 0 bridgehead atoms. The van der Waals surface area contributed by atoms with E-state index in [4.69, 9.17) is 4.74 Å². The number of imidazole rings is 1. The number of rotatable bonds is 8. The van der Waals surface area contributed by atoms with Crippen LogP contribution < -0.4 is 13.9 Å². The minimum Gasteiger partial charge on any atom is -0.490 e. The van der Waals surface area contributed by atoms with Crippen molar-refractivity contribution in [2.75, 3.05) is 41.2 Å². The van der Waals surface area contributed by atoms with Crippen molar-refractivity contribution in [3.63, 3.8) is 0 Å². The molecule has 5 rings (SSSR count). The SMILES string of the molecule is CCN(c1ccc2c(c1)N(Cc1cnc[nH]1)CCO2)S(=O)(=O)CCN1C(=O)c2ccccc2C1=O. The highest BCUT2D eigenvalue weighted by molar-refractivity contribution is 7.92. The van der Waals surface area contributed by atoms with Crippen LogP contribution in [0.4, 0.5) is 11.4 Å². The number of hydrogen-bond acceptors (Lipinski definition) is 7. The number of sulfonamides is 1. The molecule has 2 aliphatic rings. The number of aromatic amines is 1. The molecular weight excluding hydrogens is 470 g/mol. The fourth-order valence-electron chi connectivity index (χ4n) is 4.46. The van der Waals surface area contributed by atoms with Gasteiger partial charge < -0.3 is 14.6 Å². The Hall–Kier alpha value is -3.86. The monoisotopic (exact) mass is 495 g/mol. The maximum atomic E-state index is 13.3. The number of H-pyrrole nitrogens is 1. The number of carbonyl (C=O) groups excluding carboxylic acids is 2. The average Bonchev–Trinajstić information content (AvgIpc) is 3.45. The molecule has 0 unspecified atom stereocenters. The number of ether oxygens (including phenoxy) is 1. The lowest BCUT2D eigenvalue weighted by molar-refractivity contribution is 0.0664. The van der Waals surface area contributed by atoms with E-state index in [1.165, 1.54) is 4.31 Å². The van der Waals surface area contributed by atoms with Gasteiger partial charge in [0.25, 0.3) is 11.8 Å². The fourth-order valence-corrected chi connectivity index (χ4v) is 5.92. The van der Waals surface area contributed by atoms with Crippen molar-refractivity contribution in [3.05, 3.63) is 71.8 Å². The second-order valence-corrected chi connectivity index (χ2v) is 10.3. The van der Waals surface area contributed by atoms with Gasteiger partial charge in [0.05, 0.1) is 53.4 Å². The van der Waals surface area contributed by atoms with Gasteiger partial charge in [-0.15, -0.1) is 0 Å². The lowest BCUT2D eigenvalue weighted by Gasteiger charge is -2.32. The lowest BCUT2D eigenvalue weighted by atomic mass is 10.1. The van der Waals surface area contributed by atoms with E-state index in [9.17, 15) is 18.0 Å². The smallest absolute Gasteiger partial charge is 0.261 e. The largest absolute Gasteiger partial charge is 0.490 e. The van der Waals surface area contributed by atoms with Crippen molar-refractivity contribution in [1.82, 2.24) is 14.9 Å². The highest BCUT2D eigenvalue weighted by Crippen LogP contribution is 2.36. The first-order valence-corrected chi connectivity index (χ1v) is 12.9. The molecule has 3 heterocycles. The van der Waals surface area contributed by atoms with Crippen LogP contribution in [0.2, 0.25) is 0 Å². The molecule has 35 heavy (non-hydrogen) atoms. The molecule has 2 aliphatic heterocycles. The van der Waals surface area contributed by atoms with Gasteiger partial charge in [0.15, 0.2) is 0 Å². The van der Waals surface area contributed by atoms with Crippen LogP contribution in [-0.4, -0.2) is 67.1 Å². The second-order valence-electron chi connectivity index (χ2n) is 8.29. The van der Waals surface area contributed by atoms with E-state index in [1.54, 1.807) is 61.9 Å².